The molecule has 2 rings (SSSR count). The third kappa shape index (κ3) is 5.69. The summed E-state index contributed by atoms with van der Waals surface area (Å²) in [5.41, 5.74) is 6.12. The van der Waals surface area contributed by atoms with Gasteiger partial charge in [-0.1, -0.05) is 12.1 Å². The van der Waals surface area contributed by atoms with Crippen LogP contribution in [0.4, 0.5) is 11.4 Å². The second kappa shape index (κ2) is 9.55. The molecule has 0 bridgehead atoms. The van der Waals surface area contributed by atoms with Crippen LogP contribution in [0.1, 0.15) is 33.5 Å². The molecule has 2 aromatic rings. The maximum atomic E-state index is 12.9. The first-order valence-electron chi connectivity index (χ1n) is 9.24. The molecule has 0 heterocycles. The predicted octanol–water partition coefficient (Wildman–Crippen LogP) is 4.86. The van der Waals surface area contributed by atoms with E-state index in [9.17, 15) is 4.79 Å². The number of benzene rings is 2. The molecule has 0 aliphatic carbocycles. The molecule has 0 aliphatic heterocycles. The van der Waals surface area contributed by atoms with Crippen LogP contribution in [-0.2, 0) is 0 Å². The molecule has 0 aromatic heterocycles. The Morgan fingerprint density at radius 1 is 1.00 bits per heavy atom. The van der Waals surface area contributed by atoms with Crippen LogP contribution in [0.25, 0.3) is 0 Å². The molecule has 5 heteroatoms. The van der Waals surface area contributed by atoms with Gasteiger partial charge in [0.25, 0.3) is 5.91 Å². The molecule has 0 saturated heterocycles. The second-order valence-corrected chi connectivity index (χ2v) is 8.56. The molecule has 0 spiro atoms. The Morgan fingerprint density at radius 2 is 1.67 bits per heavy atom. The Kier molecular flexibility index (Phi) is 7.68. The Morgan fingerprint density at radius 3 is 2.30 bits per heavy atom. The number of anilines is 2. The first-order chi connectivity index (χ1) is 12.7. The Labute approximate surface area is 177 Å². The molecule has 1 N–H and O–H groups in total. The highest BCUT2D eigenvalue weighted by molar-refractivity contribution is 14.1. The normalized spacial score (nSPS) is 11.0. The highest BCUT2D eigenvalue weighted by Crippen LogP contribution is 2.31. The lowest BCUT2D eigenvalue weighted by atomic mass is 10.0. The number of hydrogen-bond acceptors (Lipinski definition) is 3. The number of rotatable bonds is 7. The number of halogens is 1. The first-order valence-corrected chi connectivity index (χ1v) is 10.3. The zero-order chi connectivity index (χ0) is 20.1. The number of aryl methyl sites for hydroxylation is 2. The van der Waals surface area contributed by atoms with Crippen LogP contribution >= 0.6 is 22.6 Å². The molecule has 0 unspecified atom stereocenters. The smallest absolute Gasteiger partial charge is 0.255 e. The van der Waals surface area contributed by atoms with E-state index >= 15 is 0 Å². The highest BCUT2D eigenvalue weighted by atomic mass is 127. The van der Waals surface area contributed by atoms with Gasteiger partial charge in [-0.05, 0) is 105 Å². The summed E-state index contributed by atoms with van der Waals surface area (Å²) in [6, 6.07) is 10.0. The third-order valence-corrected chi connectivity index (χ3v) is 6.06. The summed E-state index contributed by atoms with van der Waals surface area (Å²) in [5, 5.41) is 3.17. The zero-order valence-corrected chi connectivity index (χ0v) is 19.3. The maximum absolute atomic E-state index is 12.9. The van der Waals surface area contributed by atoms with Gasteiger partial charge in [-0.15, -0.1) is 0 Å². The van der Waals surface area contributed by atoms with Gasteiger partial charge in [-0.2, -0.15) is 0 Å². The van der Waals surface area contributed by atoms with Crippen molar-refractivity contribution in [2.45, 2.75) is 27.2 Å². The predicted molar refractivity (Wildman–Crippen MR) is 124 cm³/mol. The topological polar surface area (TPSA) is 35.6 Å². The van der Waals surface area contributed by atoms with Gasteiger partial charge in [0, 0.05) is 22.7 Å². The van der Waals surface area contributed by atoms with Crippen LogP contribution in [-0.4, -0.2) is 45.0 Å². The Bertz CT molecular complexity index is 817. The largest absolute Gasteiger partial charge is 0.373 e. The molecule has 0 aliphatic rings. The second-order valence-electron chi connectivity index (χ2n) is 7.40. The van der Waals surface area contributed by atoms with E-state index in [-0.39, 0.29) is 5.91 Å². The van der Waals surface area contributed by atoms with Crippen molar-refractivity contribution in [3.63, 3.8) is 0 Å². The maximum Gasteiger partial charge on any atom is 0.255 e. The van der Waals surface area contributed by atoms with Crippen LogP contribution in [0.3, 0.4) is 0 Å². The zero-order valence-electron chi connectivity index (χ0n) is 17.2. The van der Waals surface area contributed by atoms with E-state index in [2.05, 4.69) is 91.8 Å². The van der Waals surface area contributed by atoms with Crippen molar-refractivity contribution in [2.24, 2.45) is 0 Å². The van der Waals surface area contributed by atoms with E-state index in [1.54, 1.807) is 0 Å². The van der Waals surface area contributed by atoms with Crippen molar-refractivity contribution in [1.29, 1.82) is 0 Å². The third-order valence-electron chi connectivity index (χ3n) is 4.90. The number of hydrogen-bond donors (Lipinski definition) is 1. The summed E-state index contributed by atoms with van der Waals surface area (Å²) in [6.07, 6.45) is 1.07. The van der Waals surface area contributed by atoms with Crippen LogP contribution in [0.5, 0.6) is 0 Å². The summed E-state index contributed by atoms with van der Waals surface area (Å²) in [7, 11) is 6.26. The molecule has 1 amide bonds. The molecule has 27 heavy (non-hydrogen) atoms. The quantitative estimate of drug-likeness (QED) is 0.577. The van der Waals surface area contributed by atoms with Gasteiger partial charge in [0.05, 0.1) is 11.4 Å². The number of amides is 1. The van der Waals surface area contributed by atoms with Crippen molar-refractivity contribution in [3.8, 4) is 0 Å². The molecule has 0 radical (unpaired) electrons. The SMILES string of the molecule is Cc1ccc(C(=O)Nc2c(N(C)CCCN(C)C)ccc(C)c2C)cc1I. The fourth-order valence-electron chi connectivity index (χ4n) is 2.94. The Hall–Kier alpha value is -1.60. The molecule has 146 valence electrons. The molecule has 4 nitrogen and oxygen atoms in total. The van der Waals surface area contributed by atoms with Crippen molar-refractivity contribution in [1.82, 2.24) is 4.90 Å². The number of carbonyl (C=O) groups is 1. The molecule has 0 saturated carbocycles. The van der Waals surface area contributed by atoms with Crippen molar-refractivity contribution in [2.75, 3.05) is 44.4 Å². The van der Waals surface area contributed by atoms with E-state index in [4.69, 9.17) is 0 Å². The van der Waals surface area contributed by atoms with E-state index in [1.165, 1.54) is 11.1 Å². The van der Waals surface area contributed by atoms with Crippen molar-refractivity contribution in [3.05, 3.63) is 56.2 Å². The molecule has 2 aromatic carbocycles. The Balaban J connectivity index is 2.27. The van der Waals surface area contributed by atoms with Gasteiger partial charge < -0.3 is 15.1 Å². The van der Waals surface area contributed by atoms with Crippen LogP contribution in [0.2, 0.25) is 0 Å². The summed E-state index contributed by atoms with van der Waals surface area (Å²) < 4.78 is 1.10. The van der Waals surface area contributed by atoms with Gasteiger partial charge in [-0.3, -0.25) is 4.79 Å². The monoisotopic (exact) mass is 479 g/mol. The summed E-state index contributed by atoms with van der Waals surface area (Å²) in [4.78, 5) is 17.3. The van der Waals surface area contributed by atoms with E-state index in [0.717, 1.165) is 40.0 Å². The number of carbonyl (C=O) groups excluding carboxylic acids is 1. The van der Waals surface area contributed by atoms with Gasteiger partial charge in [0.2, 0.25) is 0 Å². The average Bonchev–Trinajstić information content (AvgIpc) is 2.60. The summed E-state index contributed by atoms with van der Waals surface area (Å²) in [5.74, 6) is -0.0652. The lowest BCUT2D eigenvalue weighted by Crippen LogP contribution is -2.25. The van der Waals surface area contributed by atoms with Crippen LogP contribution in [0, 0.1) is 24.3 Å². The fraction of sp³-hybridized carbons (Fsp3) is 0.409. The first kappa shape index (κ1) is 21.7. The standard InChI is InChI=1S/C22H30IN3O/c1-15-9-11-20(26(6)13-7-12-25(4)5)21(17(15)3)24-22(27)18-10-8-16(2)19(23)14-18/h8-11,14H,7,12-13H2,1-6H3,(H,24,27). The van der Waals surface area contributed by atoms with Gasteiger partial charge in [0.1, 0.15) is 0 Å². The van der Waals surface area contributed by atoms with Gasteiger partial charge in [-0.25, -0.2) is 0 Å². The van der Waals surface area contributed by atoms with Crippen molar-refractivity contribution >= 4 is 39.9 Å². The minimum atomic E-state index is -0.0652. The lowest BCUT2D eigenvalue weighted by molar-refractivity contribution is 0.102. The number of nitrogens with one attached hydrogen (secondary N) is 1. The van der Waals surface area contributed by atoms with Gasteiger partial charge in [0.15, 0.2) is 0 Å². The summed E-state index contributed by atoms with van der Waals surface area (Å²) in [6.45, 7) is 8.18. The van der Waals surface area contributed by atoms with E-state index in [0.29, 0.717) is 5.56 Å². The van der Waals surface area contributed by atoms with Gasteiger partial charge >= 0.3 is 0 Å². The van der Waals surface area contributed by atoms with Crippen LogP contribution < -0.4 is 10.2 Å². The molecular formula is C22H30IN3O. The average molecular weight is 479 g/mol. The molecule has 0 fully saturated rings. The molecular weight excluding hydrogens is 449 g/mol. The fourth-order valence-corrected chi connectivity index (χ4v) is 3.46. The molecule has 0 atom stereocenters. The number of nitrogens with zero attached hydrogens (tertiary/aromatic N) is 2. The highest BCUT2D eigenvalue weighted by Gasteiger charge is 2.16. The minimum Gasteiger partial charge on any atom is -0.373 e. The summed E-state index contributed by atoms with van der Waals surface area (Å²) >= 11 is 2.27. The van der Waals surface area contributed by atoms with Crippen LogP contribution in [0.15, 0.2) is 30.3 Å². The van der Waals surface area contributed by atoms with Crippen molar-refractivity contribution < 1.29 is 4.79 Å². The lowest BCUT2D eigenvalue weighted by Gasteiger charge is -2.25. The minimum absolute atomic E-state index is 0.0652. The van der Waals surface area contributed by atoms with E-state index < -0.39 is 0 Å². The van der Waals surface area contributed by atoms with E-state index in [1.807, 2.05) is 18.2 Å².